The lowest BCUT2D eigenvalue weighted by molar-refractivity contribution is 0.628. The Balaban J connectivity index is 1.89. The largest absolute Gasteiger partial charge is 0.370 e. The van der Waals surface area contributed by atoms with Gasteiger partial charge >= 0.3 is 0 Å². The maximum Gasteiger partial charge on any atom is 0.136 e. The van der Waals surface area contributed by atoms with Crippen molar-refractivity contribution in [2.75, 3.05) is 17.2 Å². The average Bonchev–Trinajstić information content (AvgIpc) is 3.27. The molecule has 2 aromatic rings. The van der Waals surface area contributed by atoms with E-state index < -0.39 is 0 Å². The second-order valence-electron chi connectivity index (χ2n) is 5.05. The topological polar surface area (TPSA) is 49.8 Å². The van der Waals surface area contributed by atoms with Crippen molar-refractivity contribution in [2.45, 2.75) is 25.7 Å². The predicted octanol–water partition coefficient (Wildman–Crippen LogP) is 4.32. The van der Waals surface area contributed by atoms with Crippen molar-refractivity contribution in [1.82, 2.24) is 9.97 Å². The summed E-state index contributed by atoms with van der Waals surface area (Å²) in [5, 5.41) is 6.65. The van der Waals surface area contributed by atoms with E-state index in [0.29, 0.717) is 22.4 Å². The van der Waals surface area contributed by atoms with Gasteiger partial charge in [-0.05, 0) is 38.0 Å². The highest BCUT2D eigenvalue weighted by atomic mass is 35.5. The number of rotatable bonds is 5. The van der Waals surface area contributed by atoms with Crippen molar-refractivity contribution in [3.05, 3.63) is 40.9 Å². The molecule has 0 bridgehead atoms. The molecule has 1 aromatic carbocycles. The summed E-state index contributed by atoms with van der Waals surface area (Å²) in [7, 11) is 0. The van der Waals surface area contributed by atoms with E-state index in [1.54, 1.807) is 6.07 Å². The third-order valence-electron chi connectivity index (χ3n) is 3.24. The molecule has 0 atom stereocenters. The number of hydrogen-bond donors (Lipinski definition) is 2. The van der Waals surface area contributed by atoms with E-state index in [-0.39, 0.29) is 5.82 Å². The van der Waals surface area contributed by atoms with Gasteiger partial charge in [-0.2, -0.15) is 0 Å². The van der Waals surface area contributed by atoms with Gasteiger partial charge in [-0.1, -0.05) is 11.6 Å². The van der Waals surface area contributed by atoms with E-state index in [1.165, 1.54) is 12.1 Å². The molecule has 1 saturated carbocycles. The maximum absolute atomic E-state index is 13.1. The quantitative estimate of drug-likeness (QED) is 0.863. The van der Waals surface area contributed by atoms with Crippen molar-refractivity contribution in [3.8, 4) is 0 Å². The Kier molecular flexibility index (Phi) is 3.92. The van der Waals surface area contributed by atoms with Crippen LogP contribution in [0.15, 0.2) is 24.3 Å². The molecule has 0 unspecified atom stereocenters. The molecule has 0 saturated heterocycles. The Bertz CT molecular complexity index is 658. The number of aromatic nitrogens is 2. The molecule has 2 N–H and O–H groups in total. The van der Waals surface area contributed by atoms with Crippen molar-refractivity contribution >= 4 is 28.9 Å². The number of hydrogen-bond acceptors (Lipinski definition) is 4. The summed E-state index contributed by atoms with van der Waals surface area (Å²) < 4.78 is 13.1. The molecule has 3 rings (SSSR count). The maximum atomic E-state index is 13.1. The van der Waals surface area contributed by atoms with Crippen LogP contribution >= 0.6 is 11.6 Å². The van der Waals surface area contributed by atoms with E-state index >= 15 is 0 Å². The summed E-state index contributed by atoms with van der Waals surface area (Å²) in [6.45, 7) is 2.81. The summed E-state index contributed by atoms with van der Waals surface area (Å²) in [5.41, 5.74) is 0.626. The number of nitrogens with zero attached hydrogens (tertiary/aromatic N) is 2. The summed E-state index contributed by atoms with van der Waals surface area (Å²) >= 11 is 6.03. The van der Waals surface area contributed by atoms with E-state index in [2.05, 4.69) is 20.6 Å². The monoisotopic (exact) mass is 306 g/mol. The Labute approximate surface area is 127 Å². The van der Waals surface area contributed by atoms with Gasteiger partial charge in [0.1, 0.15) is 23.3 Å². The van der Waals surface area contributed by atoms with Gasteiger partial charge in [-0.3, -0.25) is 0 Å². The zero-order valence-corrected chi connectivity index (χ0v) is 12.4. The van der Waals surface area contributed by atoms with Gasteiger partial charge < -0.3 is 10.6 Å². The molecule has 1 fully saturated rings. The van der Waals surface area contributed by atoms with Crippen molar-refractivity contribution in [2.24, 2.45) is 0 Å². The smallest absolute Gasteiger partial charge is 0.136 e. The molecule has 0 spiro atoms. The van der Waals surface area contributed by atoms with E-state index in [9.17, 15) is 4.39 Å². The summed E-state index contributed by atoms with van der Waals surface area (Å²) in [4.78, 5) is 9.03. The van der Waals surface area contributed by atoms with Gasteiger partial charge in [-0.25, -0.2) is 14.4 Å². The Hall–Kier alpha value is -1.88. The first kappa shape index (κ1) is 14.1. The Morgan fingerprint density at radius 3 is 2.67 bits per heavy atom. The third-order valence-corrected chi connectivity index (χ3v) is 3.55. The molecule has 4 nitrogen and oxygen atoms in total. The second kappa shape index (κ2) is 5.85. The predicted molar refractivity (Wildman–Crippen MR) is 82.9 cm³/mol. The van der Waals surface area contributed by atoms with Crippen molar-refractivity contribution in [3.63, 3.8) is 0 Å². The molecule has 6 heteroatoms. The Morgan fingerprint density at radius 1 is 1.24 bits per heavy atom. The highest BCUT2D eigenvalue weighted by Crippen LogP contribution is 2.39. The highest BCUT2D eigenvalue weighted by Gasteiger charge is 2.27. The molecule has 110 valence electrons. The molecule has 21 heavy (non-hydrogen) atoms. The lowest BCUT2D eigenvalue weighted by Gasteiger charge is -2.11. The van der Waals surface area contributed by atoms with Gasteiger partial charge in [0.15, 0.2) is 0 Å². The van der Waals surface area contributed by atoms with Gasteiger partial charge in [0.05, 0.1) is 10.7 Å². The minimum Gasteiger partial charge on any atom is -0.370 e. The molecule has 0 radical (unpaired) electrons. The fraction of sp³-hybridized carbons (Fsp3) is 0.333. The molecule has 1 heterocycles. The minimum atomic E-state index is -0.361. The van der Waals surface area contributed by atoms with Crippen molar-refractivity contribution < 1.29 is 4.39 Å². The van der Waals surface area contributed by atoms with Crippen LogP contribution in [-0.4, -0.2) is 16.5 Å². The SMILES string of the molecule is CCNc1cc(Nc2ccc(F)cc2Cl)nc(C2CC2)n1. The van der Waals surface area contributed by atoms with E-state index in [0.717, 1.165) is 31.0 Å². The van der Waals surface area contributed by atoms with Crippen LogP contribution in [0.3, 0.4) is 0 Å². The minimum absolute atomic E-state index is 0.326. The van der Waals surface area contributed by atoms with Crippen molar-refractivity contribution in [1.29, 1.82) is 0 Å². The Morgan fingerprint density at radius 2 is 2.00 bits per heavy atom. The van der Waals surface area contributed by atoms with Crippen LogP contribution in [0, 0.1) is 5.82 Å². The standard InChI is InChI=1S/C15H16ClFN4/c1-2-18-13-8-14(21-15(20-13)9-3-4-9)19-12-6-5-10(17)7-11(12)16/h5-9H,2-4H2,1H3,(H2,18,19,20,21). The molecule has 0 aliphatic heterocycles. The first-order valence-corrected chi connectivity index (χ1v) is 7.38. The van der Waals surface area contributed by atoms with Crippen LogP contribution in [0.1, 0.15) is 31.5 Å². The van der Waals surface area contributed by atoms with Gasteiger partial charge in [0.25, 0.3) is 0 Å². The number of halogens is 2. The van der Waals surface area contributed by atoms with Crippen LogP contribution in [0.4, 0.5) is 21.7 Å². The summed E-state index contributed by atoms with van der Waals surface area (Å²) in [5.74, 6) is 2.38. The molecular formula is C15H16ClFN4. The van der Waals surface area contributed by atoms with Gasteiger partial charge in [0, 0.05) is 18.5 Å². The fourth-order valence-corrected chi connectivity index (χ4v) is 2.27. The second-order valence-corrected chi connectivity index (χ2v) is 5.46. The summed E-state index contributed by atoms with van der Waals surface area (Å²) in [6.07, 6.45) is 2.26. The summed E-state index contributed by atoms with van der Waals surface area (Å²) in [6, 6.07) is 6.07. The zero-order valence-electron chi connectivity index (χ0n) is 11.7. The first-order chi connectivity index (χ1) is 10.2. The molecule has 1 aromatic heterocycles. The normalized spacial score (nSPS) is 14.0. The van der Waals surface area contributed by atoms with Gasteiger partial charge in [0.2, 0.25) is 0 Å². The van der Waals surface area contributed by atoms with Gasteiger partial charge in [-0.15, -0.1) is 0 Å². The van der Waals surface area contributed by atoms with E-state index in [1.807, 2.05) is 13.0 Å². The zero-order chi connectivity index (χ0) is 14.8. The molecule has 1 aliphatic rings. The third kappa shape index (κ3) is 3.42. The molecule has 1 aliphatic carbocycles. The first-order valence-electron chi connectivity index (χ1n) is 7.00. The average molecular weight is 307 g/mol. The van der Waals surface area contributed by atoms with Crippen LogP contribution in [0.5, 0.6) is 0 Å². The highest BCUT2D eigenvalue weighted by molar-refractivity contribution is 6.33. The molecular weight excluding hydrogens is 291 g/mol. The number of anilines is 3. The lowest BCUT2D eigenvalue weighted by Crippen LogP contribution is -2.05. The number of nitrogens with one attached hydrogen (secondary N) is 2. The molecule has 0 amide bonds. The van der Waals surface area contributed by atoms with Crippen LogP contribution in [0.2, 0.25) is 5.02 Å². The lowest BCUT2D eigenvalue weighted by atomic mass is 10.3. The van der Waals surface area contributed by atoms with Crippen LogP contribution in [0.25, 0.3) is 0 Å². The van der Waals surface area contributed by atoms with E-state index in [4.69, 9.17) is 11.6 Å². The fourth-order valence-electron chi connectivity index (χ4n) is 2.05. The van der Waals surface area contributed by atoms with Crippen LogP contribution in [-0.2, 0) is 0 Å². The van der Waals surface area contributed by atoms with Crippen LogP contribution < -0.4 is 10.6 Å². The number of benzene rings is 1.